The maximum Gasteiger partial charge on any atom is 0.345 e. The highest BCUT2D eigenvalue weighted by molar-refractivity contribution is 7.98. The van der Waals surface area contributed by atoms with Gasteiger partial charge in [-0.1, -0.05) is 0 Å². The van der Waals surface area contributed by atoms with Gasteiger partial charge in [0.2, 0.25) is 5.95 Å². The van der Waals surface area contributed by atoms with Crippen LogP contribution >= 0.6 is 11.8 Å². The average molecular weight is 431 g/mol. The molecule has 30 heavy (non-hydrogen) atoms. The molecule has 1 amide bonds. The molecule has 2 heterocycles. The minimum atomic E-state index is -1.06. The fraction of sp³-hybridized carbons (Fsp3) is 0.368. The van der Waals surface area contributed by atoms with Gasteiger partial charge in [-0.25, -0.2) is 14.8 Å². The molecule has 0 radical (unpaired) electrons. The van der Waals surface area contributed by atoms with Gasteiger partial charge in [0.1, 0.15) is 5.56 Å². The standard InChI is InChI=1S/C19H21N5O5S/c1-13(29-18(26)15-12-14(30-2)4-5-16(15)24(27)28)17(25)22-8-10-23(11-9-22)19-20-6-3-7-21-19/h3-7,12-13H,8-11H2,1-2H3. The number of piperazine rings is 1. The summed E-state index contributed by atoms with van der Waals surface area (Å²) >= 11 is 1.35. The lowest BCUT2D eigenvalue weighted by molar-refractivity contribution is -0.385. The number of nitrogens with zero attached hydrogens (tertiary/aromatic N) is 5. The van der Waals surface area contributed by atoms with Crippen molar-refractivity contribution >= 4 is 35.3 Å². The molecule has 0 spiro atoms. The van der Waals surface area contributed by atoms with Crippen molar-refractivity contribution in [3.63, 3.8) is 0 Å². The summed E-state index contributed by atoms with van der Waals surface area (Å²) in [6, 6.07) is 5.96. The monoisotopic (exact) mass is 431 g/mol. The van der Waals surface area contributed by atoms with Crippen molar-refractivity contribution in [1.29, 1.82) is 0 Å². The van der Waals surface area contributed by atoms with Crippen LogP contribution in [0.1, 0.15) is 17.3 Å². The number of esters is 1. The summed E-state index contributed by atoms with van der Waals surface area (Å²) in [7, 11) is 0. The van der Waals surface area contributed by atoms with Crippen molar-refractivity contribution in [2.45, 2.75) is 17.9 Å². The molecule has 0 N–H and O–H groups in total. The van der Waals surface area contributed by atoms with E-state index < -0.39 is 17.0 Å². The molecular formula is C19H21N5O5S. The van der Waals surface area contributed by atoms with E-state index in [0.29, 0.717) is 37.0 Å². The fourth-order valence-electron chi connectivity index (χ4n) is 3.08. The number of anilines is 1. The number of nitro benzene ring substituents is 1. The van der Waals surface area contributed by atoms with Crippen molar-refractivity contribution in [3.05, 3.63) is 52.3 Å². The summed E-state index contributed by atoms with van der Waals surface area (Å²) < 4.78 is 5.27. The molecule has 1 aromatic heterocycles. The van der Waals surface area contributed by atoms with E-state index in [1.54, 1.807) is 35.7 Å². The highest BCUT2D eigenvalue weighted by Crippen LogP contribution is 2.26. The van der Waals surface area contributed by atoms with E-state index in [2.05, 4.69) is 9.97 Å². The van der Waals surface area contributed by atoms with Crippen molar-refractivity contribution in [1.82, 2.24) is 14.9 Å². The summed E-state index contributed by atoms with van der Waals surface area (Å²) in [5, 5.41) is 11.2. The maximum atomic E-state index is 12.7. The normalized spacial score (nSPS) is 14.9. The Morgan fingerprint density at radius 1 is 1.20 bits per heavy atom. The van der Waals surface area contributed by atoms with Crippen LogP contribution in [-0.2, 0) is 9.53 Å². The number of benzene rings is 1. The predicted molar refractivity (Wildman–Crippen MR) is 111 cm³/mol. The van der Waals surface area contributed by atoms with Crippen molar-refractivity contribution in [3.8, 4) is 0 Å². The molecule has 3 rings (SSSR count). The fourth-order valence-corrected chi connectivity index (χ4v) is 3.52. The molecule has 1 aliphatic rings. The first-order valence-corrected chi connectivity index (χ1v) is 10.5. The first-order chi connectivity index (χ1) is 14.4. The Bertz CT molecular complexity index is 934. The molecule has 0 saturated carbocycles. The quantitative estimate of drug-likeness (QED) is 0.293. The Balaban J connectivity index is 1.62. The van der Waals surface area contributed by atoms with E-state index in [4.69, 9.17) is 4.74 Å². The number of amides is 1. The third-order valence-electron chi connectivity index (χ3n) is 4.68. The molecule has 0 bridgehead atoms. The first kappa shape index (κ1) is 21.5. The van der Waals surface area contributed by atoms with Gasteiger partial charge < -0.3 is 14.5 Å². The second-order valence-corrected chi connectivity index (χ2v) is 7.43. The molecule has 11 heteroatoms. The molecule has 1 saturated heterocycles. The topological polar surface area (TPSA) is 119 Å². The van der Waals surface area contributed by atoms with Crippen LogP contribution in [0, 0.1) is 10.1 Å². The Labute approximate surface area is 177 Å². The Kier molecular flexibility index (Phi) is 6.83. The van der Waals surface area contributed by atoms with Crippen molar-refractivity contribution in [2.24, 2.45) is 0 Å². The van der Waals surface area contributed by atoms with E-state index in [1.807, 2.05) is 4.90 Å². The molecule has 1 fully saturated rings. The molecule has 1 atom stereocenters. The number of carbonyl (C=O) groups is 2. The number of rotatable bonds is 6. The number of thioether (sulfide) groups is 1. The van der Waals surface area contributed by atoms with E-state index in [9.17, 15) is 19.7 Å². The van der Waals surface area contributed by atoms with Crippen LogP contribution in [0.3, 0.4) is 0 Å². The van der Waals surface area contributed by atoms with E-state index in [0.717, 1.165) is 0 Å². The summed E-state index contributed by atoms with van der Waals surface area (Å²) in [5.74, 6) is -0.638. The highest BCUT2D eigenvalue weighted by Gasteiger charge is 2.30. The Hall–Kier alpha value is -3.21. The van der Waals surface area contributed by atoms with Crippen LogP contribution in [-0.4, -0.2) is 70.2 Å². The Morgan fingerprint density at radius 3 is 2.47 bits per heavy atom. The molecule has 1 unspecified atom stereocenters. The van der Waals surface area contributed by atoms with Gasteiger partial charge in [0.15, 0.2) is 6.10 Å². The van der Waals surface area contributed by atoms with Crippen molar-refractivity contribution in [2.75, 3.05) is 37.3 Å². The second-order valence-electron chi connectivity index (χ2n) is 6.55. The van der Waals surface area contributed by atoms with E-state index in [1.165, 1.54) is 30.8 Å². The zero-order valence-electron chi connectivity index (χ0n) is 16.6. The largest absolute Gasteiger partial charge is 0.449 e. The zero-order valence-corrected chi connectivity index (χ0v) is 17.4. The molecular weight excluding hydrogens is 410 g/mol. The van der Waals surface area contributed by atoms with Crippen molar-refractivity contribution < 1.29 is 19.2 Å². The van der Waals surface area contributed by atoms with Gasteiger partial charge in [-0.3, -0.25) is 14.9 Å². The molecule has 10 nitrogen and oxygen atoms in total. The van der Waals surface area contributed by atoms with Crippen LogP contribution in [0.5, 0.6) is 0 Å². The van der Waals surface area contributed by atoms with Gasteiger partial charge in [-0.2, -0.15) is 0 Å². The molecule has 1 aliphatic heterocycles. The summed E-state index contributed by atoms with van der Waals surface area (Å²) in [6.07, 6.45) is 4.05. The lowest BCUT2D eigenvalue weighted by Gasteiger charge is -2.35. The summed E-state index contributed by atoms with van der Waals surface area (Å²) in [5.41, 5.74) is -0.522. The minimum absolute atomic E-state index is 0.169. The highest BCUT2D eigenvalue weighted by atomic mass is 32.2. The lowest BCUT2D eigenvalue weighted by atomic mass is 10.2. The maximum absolute atomic E-state index is 12.7. The molecule has 2 aromatic rings. The average Bonchev–Trinajstić information content (AvgIpc) is 2.78. The SMILES string of the molecule is CSc1ccc([N+](=O)[O-])c(C(=O)OC(C)C(=O)N2CCN(c3ncccn3)CC2)c1. The van der Waals surface area contributed by atoms with E-state index >= 15 is 0 Å². The van der Waals surface area contributed by atoms with Gasteiger partial charge in [0.25, 0.3) is 11.6 Å². The van der Waals surface area contributed by atoms with Gasteiger partial charge in [-0.15, -0.1) is 11.8 Å². The number of hydrogen-bond donors (Lipinski definition) is 0. The number of hydrogen-bond acceptors (Lipinski definition) is 9. The van der Waals surface area contributed by atoms with Gasteiger partial charge >= 0.3 is 5.97 Å². The van der Waals surface area contributed by atoms with Crippen LogP contribution in [0.25, 0.3) is 0 Å². The van der Waals surface area contributed by atoms with Gasteiger partial charge in [0.05, 0.1) is 4.92 Å². The zero-order chi connectivity index (χ0) is 21.7. The van der Waals surface area contributed by atoms with Gasteiger partial charge in [-0.05, 0) is 31.4 Å². The predicted octanol–water partition coefficient (Wildman–Crippen LogP) is 2.00. The Morgan fingerprint density at radius 2 is 1.87 bits per heavy atom. The summed E-state index contributed by atoms with van der Waals surface area (Å²) in [6.45, 7) is 3.44. The third-order valence-corrected chi connectivity index (χ3v) is 5.40. The minimum Gasteiger partial charge on any atom is -0.449 e. The molecule has 0 aliphatic carbocycles. The van der Waals surface area contributed by atoms with Crippen LogP contribution < -0.4 is 4.90 Å². The third kappa shape index (κ3) is 4.85. The second kappa shape index (κ2) is 9.53. The van der Waals surface area contributed by atoms with E-state index in [-0.39, 0.29) is 17.2 Å². The number of nitro groups is 1. The molecule has 1 aromatic carbocycles. The number of aromatic nitrogens is 2. The smallest absolute Gasteiger partial charge is 0.345 e. The number of ether oxygens (including phenoxy) is 1. The molecule has 158 valence electrons. The van der Waals surface area contributed by atoms with Crippen LogP contribution in [0.15, 0.2) is 41.6 Å². The first-order valence-electron chi connectivity index (χ1n) is 9.25. The summed E-state index contributed by atoms with van der Waals surface area (Å²) in [4.78, 5) is 48.5. The van der Waals surface area contributed by atoms with Crippen LogP contribution in [0.4, 0.5) is 11.6 Å². The van der Waals surface area contributed by atoms with Gasteiger partial charge in [0, 0.05) is 49.5 Å². The van der Waals surface area contributed by atoms with Crippen LogP contribution in [0.2, 0.25) is 0 Å². The lowest BCUT2D eigenvalue weighted by Crippen LogP contribution is -2.52. The number of carbonyl (C=O) groups excluding carboxylic acids is 2.